The molecule has 0 bridgehead atoms. The molecule has 1 aliphatic rings. The number of nitrogens with zero attached hydrogens (tertiary/aromatic N) is 2. The molecule has 0 aromatic heterocycles. The summed E-state index contributed by atoms with van der Waals surface area (Å²) in [7, 11) is 0. The molecule has 1 aromatic rings. The van der Waals surface area contributed by atoms with Gasteiger partial charge in [0, 0.05) is 23.8 Å². The third kappa shape index (κ3) is 2.78. The van der Waals surface area contributed by atoms with Crippen molar-refractivity contribution in [2.24, 2.45) is 0 Å². The van der Waals surface area contributed by atoms with E-state index in [4.69, 9.17) is 11.6 Å². The Labute approximate surface area is 123 Å². The molecule has 0 N–H and O–H groups in total. The molecule has 104 valence electrons. The molecule has 0 aliphatic carbocycles. The van der Waals surface area contributed by atoms with Crippen molar-refractivity contribution in [2.45, 2.75) is 13.8 Å². The summed E-state index contributed by atoms with van der Waals surface area (Å²) in [6.07, 6.45) is 0. The Kier molecular flexibility index (Phi) is 4.31. The van der Waals surface area contributed by atoms with Crippen molar-refractivity contribution in [2.75, 3.05) is 24.5 Å². The first-order valence-corrected chi connectivity index (χ1v) is 6.69. The molecule has 1 aliphatic heterocycles. The highest BCUT2D eigenvalue weighted by Crippen LogP contribution is 2.24. The van der Waals surface area contributed by atoms with Crippen LogP contribution in [0.4, 0.5) is 5.69 Å². The van der Waals surface area contributed by atoms with Gasteiger partial charge in [-0.25, -0.2) is 0 Å². The molecule has 1 fully saturated rings. The third-order valence-electron chi connectivity index (χ3n) is 3.22. The lowest BCUT2D eigenvalue weighted by Gasteiger charge is -2.32. The van der Waals surface area contributed by atoms with Gasteiger partial charge in [-0.3, -0.25) is 9.59 Å². The van der Waals surface area contributed by atoms with Crippen LogP contribution in [0.15, 0.2) is 18.2 Å². The first-order valence-electron chi connectivity index (χ1n) is 6.31. The number of aryl methyl sites for hydroxylation is 1. The van der Waals surface area contributed by atoms with Crippen molar-refractivity contribution < 1.29 is 9.59 Å². The van der Waals surface area contributed by atoms with Crippen LogP contribution in [0, 0.1) is 18.8 Å². The van der Waals surface area contributed by atoms with E-state index >= 15 is 0 Å². The van der Waals surface area contributed by atoms with Gasteiger partial charge in [0.25, 0.3) is 0 Å². The van der Waals surface area contributed by atoms with Crippen LogP contribution in [0.2, 0.25) is 5.02 Å². The SMILES string of the molecule is CC#CCN1CCN(c2ccc(C)c(Cl)c2)C(=O)C1=O. The summed E-state index contributed by atoms with van der Waals surface area (Å²) in [5, 5.41) is 0.585. The zero-order valence-electron chi connectivity index (χ0n) is 11.4. The molecule has 20 heavy (non-hydrogen) atoms. The lowest BCUT2D eigenvalue weighted by atomic mass is 10.2. The van der Waals surface area contributed by atoms with Gasteiger partial charge in [-0.1, -0.05) is 23.6 Å². The fraction of sp³-hybridized carbons (Fsp3) is 0.333. The van der Waals surface area contributed by atoms with Gasteiger partial charge in [0.2, 0.25) is 0 Å². The number of benzene rings is 1. The predicted octanol–water partition coefficient (Wildman–Crippen LogP) is 1.85. The van der Waals surface area contributed by atoms with E-state index in [1.807, 2.05) is 13.0 Å². The molecular formula is C15H15ClN2O2. The van der Waals surface area contributed by atoms with Crippen molar-refractivity contribution in [3.05, 3.63) is 28.8 Å². The van der Waals surface area contributed by atoms with Gasteiger partial charge >= 0.3 is 11.8 Å². The average Bonchev–Trinajstić information content (AvgIpc) is 2.44. The standard InChI is InChI=1S/C15H15ClN2O2/c1-3-4-7-17-8-9-18(15(20)14(17)19)12-6-5-11(2)13(16)10-12/h5-6,10H,7-9H2,1-2H3. The van der Waals surface area contributed by atoms with Gasteiger partial charge in [0.15, 0.2) is 0 Å². The quantitative estimate of drug-likeness (QED) is 0.616. The molecule has 2 amide bonds. The number of rotatable bonds is 2. The highest BCUT2D eigenvalue weighted by atomic mass is 35.5. The maximum Gasteiger partial charge on any atom is 0.316 e. The first kappa shape index (κ1) is 14.4. The van der Waals surface area contributed by atoms with Gasteiger partial charge in [0.1, 0.15) is 0 Å². The topological polar surface area (TPSA) is 40.6 Å². The van der Waals surface area contributed by atoms with Gasteiger partial charge in [-0.15, -0.1) is 5.92 Å². The van der Waals surface area contributed by atoms with Gasteiger partial charge in [-0.2, -0.15) is 0 Å². The number of amides is 2. The second-order valence-electron chi connectivity index (χ2n) is 4.54. The summed E-state index contributed by atoms with van der Waals surface area (Å²) in [4.78, 5) is 27.1. The Hall–Kier alpha value is -1.99. The lowest BCUT2D eigenvalue weighted by molar-refractivity contribution is -0.145. The molecule has 1 heterocycles. The van der Waals surface area contributed by atoms with Crippen molar-refractivity contribution in [3.8, 4) is 11.8 Å². The summed E-state index contributed by atoms with van der Waals surface area (Å²) in [5.41, 5.74) is 1.59. The van der Waals surface area contributed by atoms with E-state index in [0.29, 0.717) is 30.3 Å². The Morgan fingerprint density at radius 2 is 2.00 bits per heavy atom. The summed E-state index contributed by atoms with van der Waals surface area (Å²) in [6, 6.07) is 5.35. The Morgan fingerprint density at radius 3 is 2.65 bits per heavy atom. The Bertz CT molecular complexity index is 616. The highest BCUT2D eigenvalue weighted by Gasteiger charge is 2.32. The van der Waals surface area contributed by atoms with Crippen LogP contribution in [-0.4, -0.2) is 36.3 Å². The molecule has 0 spiro atoms. The molecule has 5 heteroatoms. The Morgan fingerprint density at radius 1 is 1.25 bits per heavy atom. The fourth-order valence-corrected chi connectivity index (χ4v) is 2.17. The monoisotopic (exact) mass is 290 g/mol. The average molecular weight is 291 g/mol. The molecule has 0 saturated carbocycles. The van der Waals surface area contributed by atoms with Gasteiger partial charge in [0.05, 0.1) is 6.54 Å². The molecule has 4 nitrogen and oxygen atoms in total. The highest BCUT2D eigenvalue weighted by molar-refractivity contribution is 6.41. The summed E-state index contributed by atoms with van der Waals surface area (Å²) in [6.45, 7) is 4.82. The smallest absolute Gasteiger partial charge is 0.316 e. The van der Waals surface area contributed by atoms with Crippen LogP contribution in [0.1, 0.15) is 12.5 Å². The van der Waals surface area contributed by atoms with Crippen LogP contribution in [0.25, 0.3) is 0 Å². The normalized spacial score (nSPS) is 15.2. The van der Waals surface area contributed by atoms with Gasteiger partial charge in [-0.05, 0) is 31.5 Å². The fourth-order valence-electron chi connectivity index (χ4n) is 2.00. The zero-order chi connectivity index (χ0) is 14.7. The van der Waals surface area contributed by atoms with Crippen molar-refractivity contribution in [1.82, 2.24) is 4.90 Å². The maximum absolute atomic E-state index is 12.1. The molecule has 0 radical (unpaired) electrons. The number of hydrogen-bond acceptors (Lipinski definition) is 2. The number of halogens is 1. The number of carbonyl (C=O) groups excluding carboxylic acids is 2. The minimum absolute atomic E-state index is 0.295. The van der Waals surface area contributed by atoms with E-state index in [9.17, 15) is 9.59 Å². The number of carbonyl (C=O) groups is 2. The number of piperazine rings is 1. The van der Waals surface area contributed by atoms with E-state index in [1.54, 1.807) is 19.1 Å². The molecular weight excluding hydrogens is 276 g/mol. The van der Waals surface area contributed by atoms with E-state index in [2.05, 4.69) is 11.8 Å². The summed E-state index contributed by atoms with van der Waals surface area (Å²) in [5.74, 6) is 4.47. The third-order valence-corrected chi connectivity index (χ3v) is 3.63. The van der Waals surface area contributed by atoms with Crippen LogP contribution >= 0.6 is 11.6 Å². The van der Waals surface area contributed by atoms with Crippen molar-refractivity contribution in [1.29, 1.82) is 0 Å². The largest absolute Gasteiger partial charge is 0.321 e. The summed E-state index contributed by atoms with van der Waals surface area (Å²) >= 11 is 6.06. The second kappa shape index (κ2) is 5.98. The Balaban J connectivity index is 2.19. The van der Waals surface area contributed by atoms with E-state index in [0.717, 1.165) is 5.56 Å². The number of hydrogen-bond donors (Lipinski definition) is 0. The van der Waals surface area contributed by atoms with Crippen LogP contribution < -0.4 is 4.90 Å². The minimum atomic E-state index is -0.533. The predicted molar refractivity (Wildman–Crippen MR) is 78.6 cm³/mol. The van der Waals surface area contributed by atoms with Crippen LogP contribution in [0.3, 0.4) is 0 Å². The van der Waals surface area contributed by atoms with Crippen LogP contribution in [-0.2, 0) is 9.59 Å². The maximum atomic E-state index is 12.1. The van der Waals surface area contributed by atoms with Crippen molar-refractivity contribution >= 4 is 29.1 Å². The van der Waals surface area contributed by atoms with Gasteiger partial charge < -0.3 is 9.80 Å². The van der Waals surface area contributed by atoms with E-state index in [1.165, 1.54) is 9.80 Å². The number of anilines is 1. The molecule has 0 unspecified atom stereocenters. The molecule has 2 rings (SSSR count). The minimum Gasteiger partial charge on any atom is -0.321 e. The van der Waals surface area contributed by atoms with Crippen molar-refractivity contribution in [3.63, 3.8) is 0 Å². The van der Waals surface area contributed by atoms with E-state index in [-0.39, 0.29) is 0 Å². The molecule has 0 atom stereocenters. The zero-order valence-corrected chi connectivity index (χ0v) is 12.2. The summed E-state index contributed by atoms with van der Waals surface area (Å²) < 4.78 is 0. The molecule has 1 aromatic carbocycles. The van der Waals surface area contributed by atoms with Crippen LogP contribution in [0.5, 0.6) is 0 Å². The van der Waals surface area contributed by atoms with E-state index < -0.39 is 11.8 Å². The lowest BCUT2D eigenvalue weighted by Crippen LogP contribution is -2.54. The molecule has 1 saturated heterocycles. The second-order valence-corrected chi connectivity index (χ2v) is 4.95. The first-order chi connectivity index (χ1) is 9.54.